The molecule has 0 aromatic rings. The van der Waals surface area contributed by atoms with Crippen LogP contribution < -0.4 is 0 Å². The predicted octanol–water partition coefficient (Wildman–Crippen LogP) is 1.66. The molecule has 0 bridgehead atoms. The SMILES string of the molecule is CC1CC[S+](C)CC1. The van der Waals surface area contributed by atoms with Gasteiger partial charge in [-0.2, -0.15) is 0 Å². The second-order valence-corrected chi connectivity index (χ2v) is 5.25. The van der Waals surface area contributed by atoms with Crippen LogP contribution in [0.4, 0.5) is 0 Å². The maximum absolute atomic E-state index is 2.39. The molecule has 0 unspecified atom stereocenters. The molecule has 0 radical (unpaired) electrons. The first-order valence-corrected chi connectivity index (χ1v) is 5.35. The minimum Gasteiger partial charge on any atom is -0.0622 e. The largest absolute Gasteiger partial charge is 0.108 e. The molecule has 0 saturated carbocycles. The summed E-state index contributed by atoms with van der Waals surface area (Å²) in [5.74, 6) is 4.03. The van der Waals surface area contributed by atoms with Crippen molar-refractivity contribution in [1.29, 1.82) is 0 Å². The van der Waals surface area contributed by atoms with Gasteiger partial charge in [0.15, 0.2) is 0 Å². The van der Waals surface area contributed by atoms with Gasteiger partial charge in [0.25, 0.3) is 0 Å². The van der Waals surface area contributed by atoms with Crippen molar-refractivity contribution >= 4 is 10.9 Å². The highest BCUT2D eigenvalue weighted by atomic mass is 32.2. The van der Waals surface area contributed by atoms with Gasteiger partial charge in [0.2, 0.25) is 0 Å². The molecule has 0 N–H and O–H groups in total. The van der Waals surface area contributed by atoms with Crippen molar-refractivity contribution in [3.63, 3.8) is 0 Å². The molecule has 1 aliphatic heterocycles. The minimum atomic E-state index is 0.789. The second-order valence-electron chi connectivity index (χ2n) is 2.87. The van der Waals surface area contributed by atoms with Gasteiger partial charge in [0.05, 0.1) is 6.26 Å². The molecule has 1 rings (SSSR count). The first-order valence-electron chi connectivity index (χ1n) is 3.38. The van der Waals surface area contributed by atoms with Crippen LogP contribution in [0.25, 0.3) is 0 Å². The maximum Gasteiger partial charge on any atom is 0.108 e. The van der Waals surface area contributed by atoms with Gasteiger partial charge in [-0.15, -0.1) is 0 Å². The second kappa shape index (κ2) is 2.77. The van der Waals surface area contributed by atoms with Gasteiger partial charge in [-0.1, -0.05) is 6.92 Å². The number of rotatable bonds is 0. The van der Waals surface area contributed by atoms with E-state index in [9.17, 15) is 0 Å². The van der Waals surface area contributed by atoms with Crippen LogP contribution >= 0.6 is 0 Å². The lowest BCUT2D eigenvalue weighted by Crippen LogP contribution is -2.20. The molecular formula is C7H15S+. The fourth-order valence-electron chi connectivity index (χ4n) is 1.05. The van der Waals surface area contributed by atoms with E-state index in [2.05, 4.69) is 13.2 Å². The van der Waals surface area contributed by atoms with Crippen molar-refractivity contribution < 1.29 is 0 Å². The zero-order valence-electron chi connectivity index (χ0n) is 5.81. The molecule has 48 valence electrons. The minimum absolute atomic E-state index is 0.789. The summed E-state index contributed by atoms with van der Waals surface area (Å²) in [5, 5.41) is 0. The van der Waals surface area contributed by atoms with Crippen molar-refractivity contribution in [2.24, 2.45) is 5.92 Å². The van der Waals surface area contributed by atoms with Crippen molar-refractivity contribution in [2.75, 3.05) is 17.8 Å². The van der Waals surface area contributed by atoms with Crippen molar-refractivity contribution in [3.8, 4) is 0 Å². The summed E-state index contributed by atoms with van der Waals surface area (Å²) in [5.41, 5.74) is 0. The van der Waals surface area contributed by atoms with E-state index in [0.29, 0.717) is 0 Å². The van der Waals surface area contributed by atoms with Crippen LogP contribution in [0.3, 0.4) is 0 Å². The van der Waals surface area contributed by atoms with E-state index < -0.39 is 0 Å². The predicted molar refractivity (Wildman–Crippen MR) is 41.4 cm³/mol. The zero-order chi connectivity index (χ0) is 5.98. The van der Waals surface area contributed by atoms with Gasteiger partial charge in [-0.05, 0) is 29.7 Å². The van der Waals surface area contributed by atoms with E-state index in [1.54, 1.807) is 0 Å². The van der Waals surface area contributed by atoms with Crippen molar-refractivity contribution in [2.45, 2.75) is 19.8 Å². The highest BCUT2D eigenvalue weighted by molar-refractivity contribution is 7.96. The fraction of sp³-hybridized carbons (Fsp3) is 1.00. The van der Waals surface area contributed by atoms with Crippen molar-refractivity contribution in [1.82, 2.24) is 0 Å². The Morgan fingerprint density at radius 2 is 1.75 bits per heavy atom. The molecule has 1 saturated heterocycles. The molecule has 1 heterocycles. The summed E-state index contributed by atoms with van der Waals surface area (Å²) in [6, 6.07) is 0. The van der Waals surface area contributed by atoms with E-state index in [4.69, 9.17) is 0 Å². The molecule has 8 heavy (non-hydrogen) atoms. The summed E-state index contributed by atoms with van der Waals surface area (Å²) in [6.45, 7) is 2.37. The molecule has 1 heteroatoms. The zero-order valence-corrected chi connectivity index (χ0v) is 6.63. The molecule has 0 aliphatic carbocycles. The lowest BCUT2D eigenvalue weighted by Gasteiger charge is -2.15. The van der Waals surface area contributed by atoms with Gasteiger partial charge < -0.3 is 0 Å². The third-order valence-electron chi connectivity index (χ3n) is 1.92. The molecule has 0 amide bonds. The van der Waals surface area contributed by atoms with E-state index in [1.165, 1.54) is 24.3 Å². The lowest BCUT2D eigenvalue weighted by atomic mass is 10.1. The Morgan fingerprint density at radius 1 is 1.25 bits per heavy atom. The molecular weight excluding hydrogens is 116 g/mol. The van der Waals surface area contributed by atoms with E-state index in [0.717, 1.165) is 16.8 Å². The summed E-state index contributed by atoms with van der Waals surface area (Å²) < 4.78 is 0. The number of hydrogen-bond donors (Lipinski definition) is 0. The highest BCUT2D eigenvalue weighted by Gasteiger charge is 2.20. The normalized spacial score (nSPS) is 39.8. The van der Waals surface area contributed by atoms with Crippen LogP contribution in [-0.2, 0) is 10.9 Å². The Balaban J connectivity index is 2.19. The van der Waals surface area contributed by atoms with Gasteiger partial charge >= 0.3 is 0 Å². The van der Waals surface area contributed by atoms with Crippen LogP contribution in [0.1, 0.15) is 19.8 Å². The van der Waals surface area contributed by atoms with Gasteiger partial charge in [0.1, 0.15) is 11.5 Å². The molecule has 1 fully saturated rings. The van der Waals surface area contributed by atoms with E-state index in [-0.39, 0.29) is 0 Å². The standard InChI is InChI=1S/C7H15S/c1-7-3-5-8(2)6-4-7/h7H,3-6H2,1-2H3/q+1. The maximum atomic E-state index is 2.39. The Labute approximate surface area is 55.0 Å². The summed E-state index contributed by atoms with van der Waals surface area (Å²) in [4.78, 5) is 0. The molecule has 0 atom stereocenters. The third kappa shape index (κ3) is 1.70. The summed E-state index contributed by atoms with van der Waals surface area (Å²) >= 11 is 0. The van der Waals surface area contributed by atoms with Crippen molar-refractivity contribution in [3.05, 3.63) is 0 Å². The molecule has 1 aliphatic rings. The lowest BCUT2D eigenvalue weighted by molar-refractivity contribution is 0.538. The van der Waals surface area contributed by atoms with E-state index in [1.807, 2.05) is 0 Å². The smallest absolute Gasteiger partial charge is 0.0622 e. The molecule has 0 spiro atoms. The highest BCUT2D eigenvalue weighted by Crippen LogP contribution is 2.17. The topological polar surface area (TPSA) is 0 Å². The average Bonchev–Trinajstić information content (AvgIpc) is 1.77. The van der Waals surface area contributed by atoms with Crippen LogP contribution in [0.2, 0.25) is 0 Å². The first-order chi connectivity index (χ1) is 3.79. The Hall–Kier alpha value is 0.350. The number of hydrogen-bond acceptors (Lipinski definition) is 0. The van der Waals surface area contributed by atoms with Crippen LogP contribution in [0, 0.1) is 5.92 Å². The molecule has 0 aromatic heterocycles. The molecule has 0 aromatic carbocycles. The van der Waals surface area contributed by atoms with Gasteiger partial charge in [-0.25, -0.2) is 0 Å². The van der Waals surface area contributed by atoms with Gasteiger partial charge in [0, 0.05) is 0 Å². The third-order valence-corrected chi connectivity index (χ3v) is 3.78. The summed E-state index contributed by atoms with van der Waals surface area (Å²) in [6.07, 6.45) is 5.37. The van der Waals surface area contributed by atoms with E-state index >= 15 is 0 Å². The fourth-order valence-corrected chi connectivity index (χ4v) is 2.86. The quantitative estimate of drug-likeness (QED) is 0.439. The Bertz CT molecular complexity index is 52.8. The first kappa shape index (κ1) is 6.47. The van der Waals surface area contributed by atoms with Crippen LogP contribution in [0.15, 0.2) is 0 Å². The monoisotopic (exact) mass is 131 g/mol. The Morgan fingerprint density at radius 3 is 2.12 bits per heavy atom. The Kier molecular flexibility index (Phi) is 2.24. The summed E-state index contributed by atoms with van der Waals surface area (Å²) in [7, 11) is 0.789. The van der Waals surface area contributed by atoms with Crippen LogP contribution in [0.5, 0.6) is 0 Å². The molecule has 0 nitrogen and oxygen atoms in total. The van der Waals surface area contributed by atoms with Crippen LogP contribution in [-0.4, -0.2) is 17.8 Å². The van der Waals surface area contributed by atoms with Gasteiger partial charge in [-0.3, -0.25) is 0 Å². The average molecular weight is 131 g/mol.